The van der Waals surface area contributed by atoms with Crippen LogP contribution in [0.15, 0.2) is 170 Å². The molecule has 2 unspecified atom stereocenters. The molecule has 8 aromatic carbocycles. The second-order valence-electron chi connectivity index (χ2n) is 31.1. The molecule has 0 amide bonds. The van der Waals surface area contributed by atoms with Crippen molar-refractivity contribution >= 4 is 0 Å². The number of unbranched alkanes of at least 4 members (excludes halogenated alkanes) is 24. The van der Waals surface area contributed by atoms with E-state index >= 15 is 0 Å². The Morgan fingerprint density at radius 2 is 0.480 bits per heavy atom. The lowest BCUT2D eigenvalue weighted by atomic mass is 9.67. The summed E-state index contributed by atoms with van der Waals surface area (Å²) in [5, 5.41) is 57.2. The van der Waals surface area contributed by atoms with E-state index < -0.39 is 22.7 Å². The van der Waals surface area contributed by atoms with Gasteiger partial charge in [-0.1, -0.05) is 393 Å². The molecule has 0 radical (unpaired) electrons. The number of benzene rings is 8. The Morgan fingerprint density at radius 1 is 0.260 bits per heavy atom. The molecule has 0 aliphatic heterocycles. The molecule has 0 heterocycles. The maximum atomic E-state index is 14.4. The van der Waals surface area contributed by atoms with Crippen molar-refractivity contribution in [2.75, 3.05) is 0 Å². The molecule has 0 spiro atoms. The van der Waals surface area contributed by atoms with Gasteiger partial charge in [0.2, 0.25) is 0 Å². The molecular formula is C96H130O4. The summed E-state index contributed by atoms with van der Waals surface area (Å²) in [7, 11) is 0. The largest absolute Gasteiger partial charge is 0.507 e. The van der Waals surface area contributed by atoms with Gasteiger partial charge in [0.05, 0.1) is 0 Å². The highest BCUT2D eigenvalue weighted by atomic mass is 16.3. The van der Waals surface area contributed by atoms with Crippen molar-refractivity contribution in [3.8, 4) is 23.0 Å². The molecule has 4 heteroatoms. The fourth-order valence-corrected chi connectivity index (χ4v) is 16.1. The number of phenolic OH excluding ortho intramolecular Hbond substituents is 4. The molecule has 100 heavy (non-hydrogen) atoms. The van der Waals surface area contributed by atoms with Gasteiger partial charge in [-0.25, -0.2) is 0 Å². The zero-order chi connectivity index (χ0) is 71.3. The minimum atomic E-state index is -0.863. The second-order valence-corrected chi connectivity index (χ2v) is 31.1. The number of rotatable bonds is 45. The number of aromatic hydroxyl groups is 4. The van der Waals surface area contributed by atoms with Gasteiger partial charge < -0.3 is 20.4 Å². The third-order valence-electron chi connectivity index (χ3n) is 22.7. The van der Waals surface area contributed by atoms with E-state index in [1.54, 1.807) is 0 Å². The summed E-state index contributed by atoms with van der Waals surface area (Å²) < 4.78 is 0. The van der Waals surface area contributed by atoms with E-state index in [2.05, 4.69) is 239 Å². The van der Waals surface area contributed by atoms with Gasteiger partial charge in [-0.2, -0.15) is 0 Å². The molecule has 0 aliphatic carbocycles. The van der Waals surface area contributed by atoms with Crippen molar-refractivity contribution in [1.82, 2.24) is 0 Å². The number of hydrogen-bond acceptors (Lipinski definition) is 4. The van der Waals surface area contributed by atoms with Crippen molar-refractivity contribution in [3.05, 3.63) is 259 Å². The van der Waals surface area contributed by atoms with Gasteiger partial charge >= 0.3 is 0 Å². The molecule has 0 fully saturated rings. The van der Waals surface area contributed by atoms with Gasteiger partial charge in [0.15, 0.2) is 0 Å². The van der Waals surface area contributed by atoms with Gasteiger partial charge in [-0.3, -0.25) is 0 Å². The standard InChI is InChI=1S/C96H130O4/c1-11-15-19-23-27-31-39-51-73-63-81(71(5)77-55-43-35-44-56-77)91(97)83(65-73)89(84-66-74(52-40-32-28-24-20-16-12-2)64-82(92(84)98)72(6)78-57-45-36-46-58-78)90(85-67-75(53-41-33-29-25-21-17-13-3)69-87(93(85)99)95(7,8)79-59-47-37-48-60-79)86-68-76(54-42-34-30-26-22-18-14-4)70-88(94(86)100)96(9,10)80-61-49-38-50-62-80/h35-38,43-50,55-72,89-90,97-100H,11-34,39-42,51-54H2,1-10H3. The maximum absolute atomic E-state index is 14.4. The van der Waals surface area contributed by atoms with Crippen LogP contribution in [0, 0.1) is 0 Å². The van der Waals surface area contributed by atoms with Crippen LogP contribution in [0.5, 0.6) is 23.0 Å². The van der Waals surface area contributed by atoms with E-state index in [0.29, 0.717) is 22.3 Å². The Morgan fingerprint density at radius 3 is 0.750 bits per heavy atom. The van der Waals surface area contributed by atoms with Crippen LogP contribution in [0.1, 0.15) is 362 Å². The van der Waals surface area contributed by atoms with Crippen LogP contribution in [0.25, 0.3) is 0 Å². The van der Waals surface area contributed by atoms with Crippen molar-refractivity contribution in [1.29, 1.82) is 0 Å². The lowest BCUT2D eigenvalue weighted by Crippen LogP contribution is -2.24. The summed E-state index contributed by atoms with van der Waals surface area (Å²) in [6.45, 7) is 22.6. The van der Waals surface area contributed by atoms with Crippen LogP contribution in [-0.4, -0.2) is 20.4 Å². The van der Waals surface area contributed by atoms with Gasteiger partial charge in [0.25, 0.3) is 0 Å². The topological polar surface area (TPSA) is 80.9 Å². The fourth-order valence-electron chi connectivity index (χ4n) is 16.1. The zero-order valence-corrected chi connectivity index (χ0v) is 63.9. The van der Waals surface area contributed by atoms with Crippen LogP contribution in [-0.2, 0) is 36.5 Å². The molecule has 0 saturated carbocycles. The fraction of sp³-hybridized carbons (Fsp3) is 0.500. The summed E-state index contributed by atoms with van der Waals surface area (Å²) in [4.78, 5) is 0. The predicted molar refractivity (Wildman–Crippen MR) is 428 cm³/mol. The Kier molecular flexibility index (Phi) is 31.9. The molecule has 4 N–H and O–H groups in total. The first-order chi connectivity index (χ1) is 48.5. The average Bonchev–Trinajstić information content (AvgIpc) is 0.728. The first-order valence-electron chi connectivity index (χ1n) is 40.2. The lowest BCUT2D eigenvalue weighted by molar-refractivity contribution is 0.416. The quantitative estimate of drug-likeness (QED) is 0.0287. The molecule has 4 nitrogen and oxygen atoms in total. The summed E-state index contributed by atoms with van der Waals surface area (Å²) >= 11 is 0. The van der Waals surface area contributed by atoms with E-state index in [-0.39, 0.29) is 34.8 Å². The number of phenols is 4. The van der Waals surface area contributed by atoms with E-state index in [4.69, 9.17) is 0 Å². The molecular weight excluding hydrogens is 1220 g/mol. The molecule has 538 valence electrons. The first-order valence-corrected chi connectivity index (χ1v) is 40.2. The number of aryl methyl sites for hydroxylation is 4. The zero-order valence-electron chi connectivity index (χ0n) is 63.9. The van der Waals surface area contributed by atoms with Crippen molar-refractivity contribution < 1.29 is 20.4 Å². The first kappa shape index (κ1) is 78.7. The molecule has 2 atom stereocenters. The summed E-state index contributed by atoms with van der Waals surface area (Å²) in [5.41, 5.74) is 13.7. The van der Waals surface area contributed by atoms with Crippen molar-refractivity contribution in [3.63, 3.8) is 0 Å². The Balaban J connectivity index is 1.54. The number of hydrogen-bond donors (Lipinski definition) is 4. The summed E-state index contributed by atoms with van der Waals surface area (Å²) in [6.07, 6.45) is 36.2. The van der Waals surface area contributed by atoms with Gasteiger partial charge in [-0.05, 0) is 95.9 Å². The summed E-state index contributed by atoms with van der Waals surface area (Å²) in [5.74, 6) is -1.38. The van der Waals surface area contributed by atoms with Crippen molar-refractivity contribution in [2.45, 2.75) is 309 Å². The Labute approximate surface area is 608 Å². The highest BCUT2D eigenvalue weighted by molar-refractivity contribution is 5.66. The van der Waals surface area contributed by atoms with Crippen LogP contribution >= 0.6 is 0 Å². The Bertz CT molecular complexity index is 3420. The minimum Gasteiger partial charge on any atom is -0.507 e. The molecule has 8 rings (SSSR count). The maximum Gasteiger partial charge on any atom is 0.123 e. The molecule has 0 aliphatic rings. The van der Waals surface area contributed by atoms with E-state index in [1.165, 1.54) is 128 Å². The monoisotopic (exact) mass is 1350 g/mol. The van der Waals surface area contributed by atoms with Crippen LogP contribution < -0.4 is 0 Å². The van der Waals surface area contributed by atoms with Gasteiger partial charge in [0, 0.05) is 79.0 Å². The molecule has 0 bridgehead atoms. The summed E-state index contributed by atoms with van der Waals surface area (Å²) in [6, 6.07) is 60.9. The van der Waals surface area contributed by atoms with Gasteiger partial charge in [-0.15, -0.1) is 0 Å². The SMILES string of the molecule is CCCCCCCCCc1cc(C(C)c2ccccc2)c(O)c(C(c2cc(CCCCCCCCC)cc(C(C)c3ccccc3)c2O)C(c2cc(CCCCCCCCC)cc(C(C)(C)c3ccccc3)c2O)c2cc(CCCCCCCCC)cc(C(C)(C)c3ccccc3)c2O)c1. The predicted octanol–water partition coefficient (Wildman–Crippen LogP) is 27.6. The normalized spacial score (nSPS) is 12.9. The third-order valence-corrected chi connectivity index (χ3v) is 22.7. The van der Waals surface area contributed by atoms with E-state index in [9.17, 15) is 20.4 Å². The molecule has 0 saturated heterocycles. The van der Waals surface area contributed by atoms with Crippen LogP contribution in [0.4, 0.5) is 0 Å². The van der Waals surface area contributed by atoms with Crippen LogP contribution in [0.3, 0.4) is 0 Å². The molecule has 0 aromatic heterocycles. The smallest absolute Gasteiger partial charge is 0.123 e. The lowest BCUT2D eigenvalue weighted by Gasteiger charge is -2.37. The third kappa shape index (κ3) is 21.5. The highest BCUT2D eigenvalue weighted by Crippen LogP contribution is 2.58. The van der Waals surface area contributed by atoms with E-state index in [1.807, 2.05) is 0 Å². The average molecular weight is 1350 g/mol. The van der Waals surface area contributed by atoms with E-state index in [0.717, 1.165) is 144 Å². The molecule has 8 aromatic rings. The second kappa shape index (κ2) is 40.6. The highest BCUT2D eigenvalue weighted by Gasteiger charge is 2.42. The Hall–Kier alpha value is -7.04. The van der Waals surface area contributed by atoms with Gasteiger partial charge in [0.1, 0.15) is 23.0 Å². The van der Waals surface area contributed by atoms with Crippen LogP contribution in [0.2, 0.25) is 0 Å². The van der Waals surface area contributed by atoms with Crippen molar-refractivity contribution in [2.24, 2.45) is 0 Å². The minimum absolute atomic E-state index is 0.182.